The van der Waals surface area contributed by atoms with Crippen LogP contribution in [0, 0.1) is 0 Å². The van der Waals surface area contributed by atoms with Crippen LogP contribution < -0.4 is 10.6 Å². The van der Waals surface area contributed by atoms with Gasteiger partial charge in [-0.05, 0) is 31.2 Å². The summed E-state index contributed by atoms with van der Waals surface area (Å²) in [5.41, 5.74) is 1.56. The van der Waals surface area contributed by atoms with Crippen molar-refractivity contribution in [3.05, 3.63) is 47.8 Å². The van der Waals surface area contributed by atoms with Crippen LogP contribution in [0.5, 0.6) is 5.75 Å². The van der Waals surface area contributed by atoms with Crippen LogP contribution in [-0.2, 0) is 11.8 Å². The van der Waals surface area contributed by atoms with Gasteiger partial charge >= 0.3 is 0 Å². The molecule has 1 amide bonds. The van der Waals surface area contributed by atoms with Crippen molar-refractivity contribution in [2.45, 2.75) is 13.0 Å². The zero-order valence-electron chi connectivity index (χ0n) is 16.8. The standard InChI is InChI=1S/C20H28N6O3/c1-3-21-20(23-9-8-22-19(28)15-4-6-17(27)7-5-15)26-10-11-29-18(14-26)16-12-24-25(2)13-16/h4-7,12-13,18,27H,3,8-11,14H2,1-2H3,(H,21,23)(H,22,28). The molecule has 9 nitrogen and oxygen atoms in total. The Labute approximate surface area is 170 Å². The van der Waals surface area contributed by atoms with Gasteiger partial charge in [-0.15, -0.1) is 0 Å². The number of benzene rings is 1. The molecule has 3 rings (SSSR count). The van der Waals surface area contributed by atoms with E-state index < -0.39 is 0 Å². The molecule has 2 aromatic rings. The third-order valence-corrected chi connectivity index (χ3v) is 4.59. The van der Waals surface area contributed by atoms with Gasteiger partial charge < -0.3 is 25.4 Å². The Bertz CT molecular complexity index is 833. The molecule has 156 valence electrons. The maximum atomic E-state index is 12.1. The second kappa shape index (κ2) is 9.92. The smallest absolute Gasteiger partial charge is 0.251 e. The maximum Gasteiger partial charge on any atom is 0.251 e. The molecule has 9 heteroatoms. The number of nitrogens with one attached hydrogen (secondary N) is 2. The van der Waals surface area contributed by atoms with Crippen LogP contribution in [0.15, 0.2) is 41.7 Å². The first-order valence-electron chi connectivity index (χ1n) is 9.77. The minimum atomic E-state index is -0.187. The van der Waals surface area contributed by atoms with Crippen molar-refractivity contribution in [3.8, 4) is 5.75 Å². The maximum absolute atomic E-state index is 12.1. The molecule has 29 heavy (non-hydrogen) atoms. The van der Waals surface area contributed by atoms with Gasteiger partial charge in [0.25, 0.3) is 5.91 Å². The number of nitrogens with zero attached hydrogens (tertiary/aromatic N) is 4. The van der Waals surface area contributed by atoms with E-state index in [-0.39, 0.29) is 17.8 Å². The summed E-state index contributed by atoms with van der Waals surface area (Å²) in [6.07, 6.45) is 3.75. The number of carbonyl (C=O) groups is 1. The van der Waals surface area contributed by atoms with Crippen LogP contribution in [0.2, 0.25) is 0 Å². The highest BCUT2D eigenvalue weighted by Crippen LogP contribution is 2.21. The van der Waals surface area contributed by atoms with E-state index in [9.17, 15) is 9.90 Å². The number of hydrogen-bond acceptors (Lipinski definition) is 5. The van der Waals surface area contributed by atoms with Crippen molar-refractivity contribution >= 4 is 11.9 Å². The molecule has 0 aliphatic carbocycles. The van der Waals surface area contributed by atoms with Gasteiger partial charge in [-0.3, -0.25) is 14.5 Å². The minimum absolute atomic E-state index is 0.0458. The lowest BCUT2D eigenvalue weighted by molar-refractivity contribution is -0.00803. The van der Waals surface area contributed by atoms with Crippen molar-refractivity contribution in [3.63, 3.8) is 0 Å². The van der Waals surface area contributed by atoms with Gasteiger partial charge in [0.1, 0.15) is 11.9 Å². The first-order valence-corrected chi connectivity index (χ1v) is 9.77. The zero-order valence-corrected chi connectivity index (χ0v) is 16.8. The third kappa shape index (κ3) is 5.71. The van der Waals surface area contributed by atoms with E-state index in [1.165, 1.54) is 12.1 Å². The van der Waals surface area contributed by atoms with Gasteiger partial charge in [-0.1, -0.05) is 0 Å². The molecule has 1 atom stereocenters. The van der Waals surface area contributed by atoms with Crippen molar-refractivity contribution in [1.82, 2.24) is 25.3 Å². The average molecular weight is 400 g/mol. The molecule has 1 fully saturated rings. The summed E-state index contributed by atoms with van der Waals surface area (Å²) in [6.45, 7) is 5.72. The van der Waals surface area contributed by atoms with E-state index in [1.54, 1.807) is 16.8 Å². The fraction of sp³-hybridized carbons (Fsp3) is 0.450. The number of rotatable bonds is 6. The van der Waals surface area contributed by atoms with Crippen LogP contribution in [0.25, 0.3) is 0 Å². The number of phenolic OH excluding ortho intramolecular Hbond substituents is 1. The van der Waals surface area contributed by atoms with Gasteiger partial charge in [0.2, 0.25) is 0 Å². The minimum Gasteiger partial charge on any atom is -0.508 e. The number of aryl methyl sites for hydroxylation is 1. The molecule has 3 N–H and O–H groups in total. The number of aromatic nitrogens is 2. The molecule has 1 aliphatic heterocycles. The highest BCUT2D eigenvalue weighted by Gasteiger charge is 2.25. The normalized spacial score (nSPS) is 17.2. The van der Waals surface area contributed by atoms with Crippen molar-refractivity contribution in [2.24, 2.45) is 12.0 Å². The molecule has 1 aromatic heterocycles. The molecule has 2 heterocycles. The number of aromatic hydroxyl groups is 1. The molecule has 0 radical (unpaired) electrons. The van der Waals surface area contributed by atoms with Gasteiger partial charge in [0.15, 0.2) is 5.96 Å². The highest BCUT2D eigenvalue weighted by atomic mass is 16.5. The fourth-order valence-electron chi connectivity index (χ4n) is 3.12. The summed E-state index contributed by atoms with van der Waals surface area (Å²) in [4.78, 5) is 19.0. The number of guanidine groups is 1. The number of amides is 1. The topological polar surface area (TPSA) is 104 Å². The lowest BCUT2D eigenvalue weighted by atomic mass is 10.1. The largest absolute Gasteiger partial charge is 0.508 e. The molecular weight excluding hydrogens is 372 g/mol. The van der Waals surface area contributed by atoms with Crippen molar-refractivity contribution < 1.29 is 14.6 Å². The Balaban J connectivity index is 1.54. The molecular formula is C20H28N6O3. The Morgan fingerprint density at radius 1 is 1.34 bits per heavy atom. The zero-order chi connectivity index (χ0) is 20.6. The Kier molecular flexibility index (Phi) is 7.07. The Hall–Kier alpha value is -3.07. The Morgan fingerprint density at radius 2 is 2.14 bits per heavy atom. The SMILES string of the molecule is CCNC(=NCCNC(=O)c1ccc(O)cc1)N1CCOC(c2cnn(C)c2)C1. The molecule has 1 aromatic carbocycles. The lowest BCUT2D eigenvalue weighted by Gasteiger charge is -2.34. The van der Waals surface area contributed by atoms with Crippen LogP contribution >= 0.6 is 0 Å². The Morgan fingerprint density at radius 3 is 2.83 bits per heavy atom. The summed E-state index contributed by atoms with van der Waals surface area (Å²) in [7, 11) is 1.89. The number of carbonyl (C=O) groups excluding carboxylic acids is 1. The van der Waals surface area contributed by atoms with Gasteiger partial charge in [0, 0.05) is 44.0 Å². The summed E-state index contributed by atoms with van der Waals surface area (Å²) in [5.74, 6) is 0.758. The molecule has 1 aliphatic rings. The number of morpholine rings is 1. The summed E-state index contributed by atoms with van der Waals surface area (Å²) in [6, 6.07) is 6.16. The van der Waals surface area contributed by atoms with Crippen molar-refractivity contribution in [2.75, 3.05) is 39.3 Å². The lowest BCUT2D eigenvalue weighted by Crippen LogP contribution is -2.48. The highest BCUT2D eigenvalue weighted by molar-refractivity contribution is 5.94. The van der Waals surface area contributed by atoms with Crippen LogP contribution in [0.3, 0.4) is 0 Å². The van der Waals surface area contributed by atoms with E-state index in [0.29, 0.717) is 31.8 Å². The van der Waals surface area contributed by atoms with E-state index in [4.69, 9.17) is 4.74 Å². The van der Waals surface area contributed by atoms with Crippen LogP contribution in [-0.4, -0.2) is 71.0 Å². The van der Waals surface area contributed by atoms with E-state index >= 15 is 0 Å². The number of ether oxygens (including phenoxy) is 1. The first kappa shape index (κ1) is 20.7. The molecule has 0 saturated carbocycles. The van der Waals surface area contributed by atoms with E-state index in [0.717, 1.165) is 24.6 Å². The monoisotopic (exact) mass is 400 g/mol. The van der Waals surface area contributed by atoms with Gasteiger partial charge in [-0.25, -0.2) is 0 Å². The quantitative estimate of drug-likeness (QED) is 0.378. The third-order valence-electron chi connectivity index (χ3n) is 4.59. The van der Waals surface area contributed by atoms with Crippen LogP contribution in [0.4, 0.5) is 0 Å². The first-order chi connectivity index (χ1) is 14.1. The number of hydrogen-bond donors (Lipinski definition) is 3. The average Bonchev–Trinajstić information content (AvgIpc) is 3.17. The molecule has 0 spiro atoms. The summed E-state index contributed by atoms with van der Waals surface area (Å²) >= 11 is 0. The molecule has 1 unspecified atom stereocenters. The predicted molar refractivity (Wildman–Crippen MR) is 110 cm³/mol. The summed E-state index contributed by atoms with van der Waals surface area (Å²) in [5, 5.41) is 19.7. The van der Waals surface area contributed by atoms with Gasteiger partial charge in [0.05, 0.1) is 25.9 Å². The van der Waals surface area contributed by atoms with Gasteiger partial charge in [-0.2, -0.15) is 5.10 Å². The van der Waals surface area contributed by atoms with E-state index in [2.05, 4.69) is 25.6 Å². The number of aliphatic imine (C=N–C) groups is 1. The van der Waals surface area contributed by atoms with Crippen molar-refractivity contribution in [1.29, 1.82) is 0 Å². The van der Waals surface area contributed by atoms with Crippen LogP contribution in [0.1, 0.15) is 28.9 Å². The summed E-state index contributed by atoms with van der Waals surface area (Å²) < 4.78 is 7.67. The second-order valence-electron chi connectivity index (χ2n) is 6.79. The fourth-order valence-corrected chi connectivity index (χ4v) is 3.12. The predicted octanol–water partition coefficient (Wildman–Crippen LogP) is 0.894. The van der Waals surface area contributed by atoms with E-state index in [1.807, 2.05) is 26.4 Å². The molecule has 0 bridgehead atoms. The molecule has 1 saturated heterocycles. The second-order valence-corrected chi connectivity index (χ2v) is 6.79. The number of phenols is 1.